The van der Waals surface area contributed by atoms with Crippen molar-refractivity contribution in [2.24, 2.45) is 0 Å². The van der Waals surface area contributed by atoms with Gasteiger partial charge < -0.3 is 14.9 Å². The van der Waals surface area contributed by atoms with E-state index >= 15 is 0 Å². The molecule has 3 aromatic rings. The van der Waals surface area contributed by atoms with Crippen LogP contribution in [0.15, 0.2) is 78.9 Å². The second-order valence-corrected chi connectivity index (χ2v) is 6.88. The van der Waals surface area contributed by atoms with Crippen LogP contribution in [0.4, 0.5) is 17.1 Å². The molecular formula is C23H23N3O4. The van der Waals surface area contributed by atoms with Crippen molar-refractivity contribution in [3.05, 3.63) is 94.5 Å². The van der Waals surface area contributed by atoms with Gasteiger partial charge in [-0.25, -0.2) is 0 Å². The van der Waals surface area contributed by atoms with Crippen LogP contribution in [0.3, 0.4) is 0 Å². The van der Waals surface area contributed by atoms with Gasteiger partial charge in [0, 0.05) is 50.1 Å². The molecule has 0 spiro atoms. The molecule has 7 heteroatoms. The topological polar surface area (TPSA) is 86.9 Å². The zero-order valence-electron chi connectivity index (χ0n) is 16.6. The first-order valence-corrected chi connectivity index (χ1v) is 9.53. The molecule has 0 unspecified atom stereocenters. The summed E-state index contributed by atoms with van der Waals surface area (Å²) in [7, 11) is 1.73. The third-order valence-corrected chi connectivity index (χ3v) is 4.85. The average molecular weight is 405 g/mol. The molecule has 3 rings (SSSR count). The third kappa shape index (κ3) is 5.14. The number of phenolic OH excluding ortho intramolecular Hbond substituents is 1. The molecule has 3 aromatic carbocycles. The number of carbonyl (C=O) groups excluding carboxylic acids is 1. The Balaban J connectivity index is 1.78. The summed E-state index contributed by atoms with van der Waals surface area (Å²) in [6.45, 7) is 0.891. The normalized spacial score (nSPS) is 10.4. The Morgan fingerprint density at radius 1 is 0.967 bits per heavy atom. The van der Waals surface area contributed by atoms with E-state index in [0.717, 1.165) is 11.3 Å². The molecule has 0 saturated carbocycles. The van der Waals surface area contributed by atoms with E-state index in [0.29, 0.717) is 18.8 Å². The van der Waals surface area contributed by atoms with Crippen molar-refractivity contribution in [3.8, 4) is 5.75 Å². The van der Waals surface area contributed by atoms with Crippen molar-refractivity contribution in [2.75, 3.05) is 23.4 Å². The summed E-state index contributed by atoms with van der Waals surface area (Å²) >= 11 is 0. The first-order chi connectivity index (χ1) is 14.5. The molecule has 0 aliphatic rings. The van der Waals surface area contributed by atoms with E-state index in [-0.39, 0.29) is 18.0 Å². The van der Waals surface area contributed by atoms with Crippen molar-refractivity contribution in [3.63, 3.8) is 0 Å². The van der Waals surface area contributed by atoms with E-state index in [1.807, 2.05) is 65.6 Å². The number of para-hydroxylation sites is 1. The number of rotatable bonds is 8. The Kier molecular flexibility index (Phi) is 6.64. The lowest BCUT2D eigenvalue weighted by molar-refractivity contribution is -0.385. The van der Waals surface area contributed by atoms with Gasteiger partial charge in [0.2, 0.25) is 5.91 Å². The lowest BCUT2D eigenvalue weighted by Gasteiger charge is -2.26. The molecule has 1 N–H and O–H groups in total. The quantitative estimate of drug-likeness (QED) is 0.444. The van der Waals surface area contributed by atoms with E-state index in [9.17, 15) is 20.0 Å². The van der Waals surface area contributed by atoms with Crippen molar-refractivity contribution in [1.82, 2.24) is 0 Å². The van der Waals surface area contributed by atoms with E-state index in [4.69, 9.17) is 0 Å². The highest BCUT2D eigenvalue weighted by atomic mass is 16.6. The van der Waals surface area contributed by atoms with Gasteiger partial charge in [0.25, 0.3) is 0 Å². The molecule has 0 aromatic heterocycles. The highest BCUT2D eigenvalue weighted by Crippen LogP contribution is 2.31. The first-order valence-electron chi connectivity index (χ1n) is 9.53. The van der Waals surface area contributed by atoms with Gasteiger partial charge in [0.05, 0.1) is 4.92 Å². The molecule has 0 fully saturated rings. The standard InChI is InChI=1S/C23H23N3O4/c1-24(19-10-6-3-7-11-19)23(28)14-15-25(17-18-8-4-2-5-9-18)20-12-13-21(26(29)30)22(27)16-20/h2-13,16,27H,14-15,17H2,1H3. The molecule has 0 heterocycles. The summed E-state index contributed by atoms with van der Waals surface area (Å²) in [5.74, 6) is -0.450. The second-order valence-electron chi connectivity index (χ2n) is 6.88. The van der Waals surface area contributed by atoms with Crippen molar-refractivity contribution in [2.45, 2.75) is 13.0 Å². The molecule has 0 saturated heterocycles. The van der Waals surface area contributed by atoms with Gasteiger partial charge in [-0.2, -0.15) is 0 Å². The van der Waals surface area contributed by atoms with E-state index in [2.05, 4.69) is 0 Å². The fourth-order valence-corrected chi connectivity index (χ4v) is 3.16. The summed E-state index contributed by atoms with van der Waals surface area (Å²) < 4.78 is 0. The molecule has 0 atom stereocenters. The molecule has 0 aliphatic heterocycles. The molecule has 0 radical (unpaired) electrons. The minimum absolute atomic E-state index is 0.0506. The van der Waals surface area contributed by atoms with Crippen LogP contribution < -0.4 is 9.80 Å². The lowest BCUT2D eigenvalue weighted by atomic mass is 10.1. The number of nitrogens with zero attached hydrogens (tertiary/aromatic N) is 3. The predicted molar refractivity (Wildman–Crippen MR) is 117 cm³/mol. The summed E-state index contributed by atoms with van der Waals surface area (Å²) in [4.78, 5) is 26.6. The maximum atomic E-state index is 12.7. The van der Waals surface area contributed by atoms with E-state index in [1.54, 1.807) is 18.0 Å². The van der Waals surface area contributed by atoms with Gasteiger partial charge in [0.15, 0.2) is 5.75 Å². The van der Waals surface area contributed by atoms with E-state index in [1.165, 1.54) is 12.1 Å². The Morgan fingerprint density at radius 2 is 1.60 bits per heavy atom. The number of nitro benzene ring substituents is 1. The van der Waals surface area contributed by atoms with Crippen LogP contribution in [0.1, 0.15) is 12.0 Å². The largest absolute Gasteiger partial charge is 0.502 e. The van der Waals surface area contributed by atoms with Crippen LogP contribution >= 0.6 is 0 Å². The third-order valence-electron chi connectivity index (χ3n) is 4.85. The van der Waals surface area contributed by atoms with Crippen LogP contribution in [0.2, 0.25) is 0 Å². The van der Waals surface area contributed by atoms with Crippen molar-refractivity contribution < 1.29 is 14.8 Å². The number of nitro groups is 1. The number of amides is 1. The molecule has 1 amide bonds. The Bertz CT molecular complexity index is 1010. The zero-order valence-corrected chi connectivity index (χ0v) is 16.6. The maximum Gasteiger partial charge on any atom is 0.310 e. The van der Waals surface area contributed by atoms with Gasteiger partial charge in [-0.05, 0) is 23.8 Å². The van der Waals surface area contributed by atoms with Gasteiger partial charge in [0.1, 0.15) is 0 Å². The number of phenols is 1. The van der Waals surface area contributed by atoms with Gasteiger partial charge in [-0.15, -0.1) is 0 Å². The fraction of sp³-hybridized carbons (Fsp3) is 0.174. The smallest absolute Gasteiger partial charge is 0.310 e. The van der Waals surface area contributed by atoms with Gasteiger partial charge in [-0.1, -0.05) is 48.5 Å². The Hall–Kier alpha value is -3.87. The fourth-order valence-electron chi connectivity index (χ4n) is 3.16. The van der Waals surface area contributed by atoms with Crippen LogP contribution in [-0.4, -0.2) is 29.5 Å². The highest BCUT2D eigenvalue weighted by molar-refractivity contribution is 5.93. The summed E-state index contributed by atoms with van der Waals surface area (Å²) in [6.07, 6.45) is 0.246. The number of aromatic hydroxyl groups is 1. The minimum Gasteiger partial charge on any atom is -0.502 e. The molecule has 0 bridgehead atoms. The number of carbonyl (C=O) groups is 1. The van der Waals surface area contributed by atoms with Crippen molar-refractivity contribution >= 4 is 23.0 Å². The maximum absolute atomic E-state index is 12.7. The molecule has 154 valence electrons. The van der Waals surface area contributed by atoms with Crippen LogP contribution in [0.25, 0.3) is 0 Å². The molecule has 30 heavy (non-hydrogen) atoms. The highest BCUT2D eigenvalue weighted by Gasteiger charge is 2.18. The van der Waals surface area contributed by atoms with E-state index < -0.39 is 10.7 Å². The number of hydrogen-bond acceptors (Lipinski definition) is 5. The molecule has 0 aliphatic carbocycles. The number of benzene rings is 3. The first kappa shape index (κ1) is 20.9. The lowest BCUT2D eigenvalue weighted by Crippen LogP contribution is -2.32. The average Bonchev–Trinajstić information content (AvgIpc) is 2.76. The van der Waals surface area contributed by atoms with Crippen LogP contribution in [0.5, 0.6) is 5.75 Å². The molecule has 7 nitrogen and oxygen atoms in total. The minimum atomic E-state index is -0.626. The SMILES string of the molecule is CN(C(=O)CCN(Cc1ccccc1)c1ccc([N+](=O)[O-])c(O)c1)c1ccccc1. The molecular weight excluding hydrogens is 382 g/mol. The summed E-state index contributed by atoms with van der Waals surface area (Å²) in [6, 6.07) is 23.3. The Labute approximate surface area is 174 Å². The van der Waals surface area contributed by atoms with Crippen LogP contribution in [0, 0.1) is 10.1 Å². The summed E-state index contributed by atoms with van der Waals surface area (Å²) in [5.41, 5.74) is 2.10. The number of anilines is 2. The summed E-state index contributed by atoms with van der Waals surface area (Å²) in [5, 5.41) is 21.0. The predicted octanol–water partition coefficient (Wildman–Crippen LogP) is 4.36. The van der Waals surface area contributed by atoms with Gasteiger partial charge >= 0.3 is 5.69 Å². The monoisotopic (exact) mass is 405 g/mol. The Morgan fingerprint density at radius 3 is 2.20 bits per heavy atom. The van der Waals surface area contributed by atoms with Gasteiger partial charge in [-0.3, -0.25) is 14.9 Å². The second kappa shape index (κ2) is 9.56. The zero-order chi connectivity index (χ0) is 21.5. The van der Waals surface area contributed by atoms with Crippen LogP contribution in [-0.2, 0) is 11.3 Å². The number of hydrogen-bond donors (Lipinski definition) is 1. The van der Waals surface area contributed by atoms with Crippen molar-refractivity contribution in [1.29, 1.82) is 0 Å².